The van der Waals surface area contributed by atoms with E-state index in [1.807, 2.05) is 43.3 Å². The molecular formula is C28H31N3O5S. The normalized spacial score (nSPS) is 12.2. The Morgan fingerprint density at radius 3 is 2.41 bits per heavy atom. The van der Waals surface area contributed by atoms with Crippen LogP contribution in [-0.4, -0.2) is 48.1 Å². The Labute approximate surface area is 217 Å². The number of hydrogen-bond donors (Lipinski definition) is 0. The van der Waals surface area contributed by atoms with Gasteiger partial charge in [0.2, 0.25) is 10.0 Å². The number of aryl methyl sites for hydroxylation is 1. The zero-order chi connectivity index (χ0) is 27.0. The fourth-order valence-electron chi connectivity index (χ4n) is 3.90. The largest absolute Gasteiger partial charge is 0.497 e. The first-order valence-electron chi connectivity index (χ1n) is 11.8. The SMILES string of the molecule is COc1cccc(-c2ccc3c(CN(C)S(=O)(=O)c4ccc(C)cc4)cn(C(=O)OC(C)(C)C)c3n2)c1. The van der Waals surface area contributed by atoms with E-state index in [9.17, 15) is 13.2 Å². The molecule has 194 valence electrons. The summed E-state index contributed by atoms with van der Waals surface area (Å²) < 4.78 is 40.0. The van der Waals surface area contributed by atoms with Gasteiger partial charge >= 0.3 is 6.09 Å². The lowest BCUT2D eigenvalue weighted by atomic mass is 10.1. The second-order valence-electron chi connectivity index (χ2n) is 9.88. The zero-order valence-electron chi connectivity index (χ0n) is 21.8. The monoisotopic (exact) mass is 521 g/mol. The van der Waals surface area contributed by atoms with Gasteiger partial charge in [-0.05, 0) is 69.7 Å². The summed E-state index contributed by atoms with van der Waals surface area (Å²) in [4.78, 5) is 18.1. The van der Waals surface area contributed by atoms with Crippen LogP contribution in [0, 0.1) is 6.92 Å². The van der Waals surface area contributed by atoms with Crippen LogP contribution in [-0.2, 0) is 21.3 Å². The fourth-order valence-corrected chi connectivity index (χ4v) is 5.05. The maximum Gasteiger partial charge on any atom is 0.420 e. The van der Waals surface area contributed by atoms with E-state index < -0.39 is 21.7 Å². The molecule has 0 bridgehead atoms. The van der Waals surface area contributed by atoms with Gasteiger partial charge in [-0.2, -0.15) is 4.31 Å². The number of ether oxygens (including phenoxy) is 2. The van der Waals surface area contributed by atoms with Crippen LogP contribution in [0.5, 0.6) is 5.75 Å². The van der Waals surface area contributed by atoms with Gasteiger partial charge in [0, 0.05) is 30.7 Å². The lowest BCUT2D eigenvalue weighted by Gasteiger charge is -2.19. The molecule has 37 heavy (non-hydrogen) atoms. The smallest absolute Gasteiger partial charge is 0.420 e. The Hall–Kier alpha value is -3.69. The van der Waals surface area contributed by atoms with Gasteiger partial charge in [-0.25, -0.2) is 22.8 Å². The first-order valence-corrected chi connectivity index (χ1v) is 13.2. The van der Waals surface area contributed by atoms with Crippen LogP contribution in [0.15, 0.2) is 71.8 Å². The highest BCUT2D eigenvalue weighted by Gasteiger charge is 2.26. The van der Waals surface area contributed by atoms with E-state index in [0.717, 1.165) is 11.1 Å². The van der Waals surface area contributed by atoms with Crippen LogP contribution in [0.1, 0.15) is 31.9 Å². The van der Waals surface area contributed by atoms with Crippen LogP contribution < -0.4 is 4.74 Å². The van der Waals surface area contributed by atoms with Crippen LogP contribution in [0.2, 0.25) is 0 Å². The lowest BCUT2D eigenvalue weighted by molar-refractivity contribution is 0.0543. The van der Waals surface area contributed by atoms with E-state index in [1.54, 1.807) is 58.3 Å². The lowest BCUT2D eigenvalue weighted by Crippen LogP contribution is -2.27. The molecule has 0 aliphatic heterocycles. The molecule has 0 atom stereocenters. The first-order chi connectivity index (χ1) is 17.4. The summed E-state index contributed by atoms with van der Waals surface area (Å²) in [5, 5.41) is 0.656. The van der Waals surface area contributed by atoms with Crippen molar-refractivity contribution in [2.45, 2.75) is 44.7 Å². The molecule has 0 aliphatic carbocycles. The van der Waals surface area contributed by atoms with E-state index in [0.29, 0.717) is 28.0 Å². The van der Waals surface area contributed by atoms with Gasteiger partial charge in [-0.15, -0.1) is 0 Å². The molecule has 0 saturated carbocycles. The van der Waals surface area contributed by atoms with Crippen molar-refractivity contribution < 1.29 is 22.7 Å². The number of carbonyl (C=O) groups is 1. The van der Waals surface area contributed by atoms with Gasteiger partial charge in [0.15, 0.2) is 0 Å². The van der Waals surface area contributed by atoms with E-state index >= 15 is 0 Å². The molecule has 2 aromatic carbocycles. The van der Waals surface area contributed by atoms with Crippen LogP contribution in [0.3, 0.4) is 0 Å². The van der Waals surface area contributed by atoms with Crippen LogP contribution in [0.25, 0.3) is 22.3 Å². The molecule has 0 spiro atoms. The standard InChI is InChI=1S/C28H31N3O5S/c1-19-10-12-23(13-11-19)37(33,34)30(5)17-21-18-31(27(32)36-28(2,3)4)26-24(21)14-15-25(29-26)20-8-7-9-22(16-20)35-6/h7-16,18H,17H2,1-6H3. The fraction of sp³-hybridized carbons (Fsp3) is 0.286. The van der Waals surface area contributed by atoms with E-state index in [4.69, 9.17) is 14.5 Å². The minimum Gasteiger partial charge on any atom is -0.497 e. The third kappa shape index (κ3) is 5.68. The number of benzene rings is 2. The van der Waals surface area contributed by atoms with Crippen molar-refractivity contribution in [3.05, 3.63) is 78.0 Å². The Morgan fingerprint density at radius 2 is 1.76 bits per heavy atom. The average molecular weight is 522 g/mol. The first kappa shape index (κ1) is 26.4. The summed E-state index contributed by atoms with van der Waals surface area (Å²) in [5.41, 5.74) is 2.72. The Bertz CT molecular complexity index is 1550. The molecular weight excluding hydrogens is 490 g/mol. The summed E-state index contributed by atoms with van der Waals surface area (Å²) >= 11 is 0. The summed E-state index contributed by atoms with van der Waals surface area (Å²) in [6, 6.07) is 17.9. The van der Waals surface area contributed by atoms with E-state index in [-0.39, 0.29) is 11.4 Å². The molecule has 0 amide bonds. The maximum atomic E-state index is 13.2. The topological polar surface area (TPSA) is 90.7 Å². The summed E-state index contributed by atoms with van der Waals surface area (Å²) in [5.74, 6) is 0.686. The highest BCUT2D eigenvalue weighted by atomic mass is 32.2. The molecule has 4 aromatic rings. The molecule has 0 unspecified atom stereocenters. The number of methoxy groups -OCH3 is 1. The maximum absolute atomic E-state index is 13.2. The molecule has 0 aliphatic rings. The number of pyridine rings is 1. The molecule has 0 radical (unpaired) electrons. The summed E-state index contributed by atoms with van der Waals surface area (Å²) in [6.45, 7) is 7.30. The zero-order valence-corrected chi connectivity index (χ0v) is 22.7. The summed E-state index contributed by atoms with van der Waals surface area (Å²) in [7, 11) is -0.636. The van der Waals surface area contributed by atoms with Crippen molar-refractivity contribution in [1.82, 2.24) is 13.9 Å². The molecule has 2 heterocycles. The number of rotatable bonds is 6. The Morgan fingerprint density at radius 1 is 1.05 bits per heavy atom. The predicted octanol–water partition coefficient (Wildman–Crippen LogP) is 5.62. The predicted molar refractivity (Wildman–Crippen MR) is 143 cm³/mol. The van der Waals surface area contributed by atoms with Gasteiger partial charge in [0.25, 0.3) is 0 Å². The van der Waals surface area contributed by atoms with Crippen molar-refractivity contribution in [2.24, 2.45) is 0 Å². The van der Waals surface area contributed by atoms with Gasteiger partial charge in [0.05, 0.1) is 17.7 Å². The van der Waals surface area contributed by atoms with Crippen molar-refractivity contribution in [1.29, 1.82) is 0 Å². The molecule has 0 N–H and O–H groups in total. The van der Waals surface area contributed by atoms with Crippen molar-refractivity contribution in [3.63, 3.8) is 0 Å². The average Bonchev–Trinajstić information content (AvgIpc) is 3.21. The van der Waals surface area contributed by atoms with E-state index in [2.05, 4.69) is 0 Å². The highest BCUT2D eigenvalue weighted by molar-refractivity contribution is 7.89. The van der Waals surface area contributed by atoms with Crippen LogP contribution in [0.4, 0.5) is 4.79 Å². The van der Waals surface area contributed by atoms with Crippen molar-refractivity contribution in [3.8, 4) is 17.0 Å². The van der Waals surface area contributed by atoms with Crippen molar-refractivity contribution in [2.75, 3.05) is 14.2 Å². The second kappa shape index (κ2) is 9.99. The van der Waals surface area contributed by atoms with Gasteiger partial charge < -0.3 is 9.47 Å². The minimum absolute atomic E-state index is 0.0443. The quantitative estimate of drug-likeness (QED) is 0.327. The third-order valence-electron chi connectivity index (χ3n) is 5.81. The number of fused-ring (bicyclic) bond motifs is 1. The van der Waals surface area contributed by atoms with E-state index in [1.165, 1.54) is 15.9 Å². The number of carbonyl (C=O) groups excluding carboxylic acids is 1. The van der Waals surface area contributed by atoms with Gasteiger partial charge in [-0.3, -0.25) is 0 Å². The highest BCUT2D eigenvalue weighted by Crippen LogP contribution is 2.29. The molecule has 4 rings (SSSR count). The van der Waals surface area contributed by atoms with Gasteiger partial charge in [0.1, 0.15) is 17.0 Å². The van der Waals surface area contributed by atoms with Crippen molar-refractivity contribution >= 4 is 27.1 Å². The third-order valence-corrected chi connectivity index (χ3v) is 7.63. The number of nitrogens with zero attached hydrogens (tertiary/aromatic N) is 3. The molecule has 8 nitrogen and oxygen atoms in total. The van der Waals surface area contributed by atoms with Gasteiger partial charge in [-0.1, -0.05) is 29.8 Å². The van der Waals surface area contributed by atoms with Crippen LogP contribution >= 0.6 is 0 Å². The molecule has 0 fully saturated rings. The molecule has 0 saturated heterocycles. The Kier molecular flexibility index (Phi) is 7.12. The molecule has 9 heteroatoms. The second-order valence-corrected chi connectivity index (χ2v) is 11.9. The summed E-state index contributed by atoms with van der Waals surface area (Å²) in [6.07, 6.45) is 1.01. The number of aromatic nitrogens is 2. The number of sulfonamides is 1. The minimum atomic E-state index is -3.75. The molecule has 2 aromatic heterocycles. The number of hydrogen-bond acceptors (Lipinski definition) is 6. The Balaban J connectivity index is 1.78.